The predicted molar refractivity (Wildman–Crippen MR) is 124 cm³/mol. The van der Waals surface area contributed by atoms with Gasteiger partial charge in [-0.1, -0.05) is 58.0 Å². The van der Waals surface area contributed by atoms with E-state index in [1.54, 1.807) is 48.3 Å². The molecule has 0 saturated heterocycles. The van der Waals surface area contributed by atoms with E-state index in [0.717, 1.165) is 16.0 Å². The summed E-state index contributed by atoms with van der Waals surface area (Å²) < 4.78 is 0. The maximum absolute atomic E-state index is 6.49. The van der Waals surface area contributed by atoms with E-state index in [1.807, 2.05) is 0 Å². The maximum Gasteiger partial charge on any atom is 0.191 e. The van der Waals surface area contributed by atoms with Gasteiger partial charge >= 0.3 is 0 Å². The van der Waals surface area contributed by atoms with E-state index < -0.39 is 0 Å². The Kier molecular flexibility index (Phi) is 7.20. The van der Waals surface area contributed by atoms with E-state index in [4.69, 9.17) is 70.2 Å². The van der Waals surface area contributed by atoms with Gasteiger partial charge in [0.05, 0.1) is 26.3 Å². The van der Waals surface area contributed by atoms with Crippen LogP contribution in [0, 0.1) is 0 Å². The number of hydrogen-bond donors (Lipinski definition) is 2. The van der Waals surface area contributed by atoms with Gasteiger partial charge in [0.2, 0.25) is 0 Å². The molecule has 0 atom stereocenters. The van der Waals surface area contributed by atoms with E-state index in [9.17, 15) is 0 Å². The average Bonchev–Trinajstić information content (AvgIpc) is 2.60. The fourth-order valence-corrected chi connectivity index (χ4v) is 4.81. The first-order chi connectivity index (χ1) is 12.8. The largest absolute Gasteiger partial charge is 0.331 e. The molecule has 2 aromatic rings. The fraction of sp³-hybridized carbons (Fsp3) is 0.0588. The average molecular weight is 498 g/mol. The Morgan fingerprint density at radius 1 is 1.04 bits per heavy atom. The first-order valence-corrected chi connectivity index (χ1v) is 10.7. The Labute approximate surface area is 191 Å². The molecule has 3 rings (SSSR count). The van der Waals surface area contributed by atoms with Gasteiger partial charge in [-0.05, 0) is 42.5 Å². The molecular formula is C17H10Cl5N3S2. The minimum Gasteiger partial charge on any atom is -0.331 e. The van der Waals surface area contributed by atoms with Gasteiger partial charge in [0, 0.05) is 32.5 Å². The smallest absolute Gasteiger partial charge is 0.191 e. The summed E-state index contributed by atoms with van der Waals surface area (Å²) >= 11 is 37.4. The lowest BCUT2D eigenvalue weighted by molar-refractivity contribution is 1.05. The van der Waals surface area contributed by atoms with Crippen LogP contribution in [0.5, 0.6) is 0 Å². The molecule has 1 heterocycles. The lowest BCUT2D eigenvalue weighted by Crippen LogP contribution is -2.24. The van der Waals surface area contributed by atoms with E-state index in [-0.39, 0.29) is 0 Å². The van der Waals surface area contributed by atoms with Crippen molar-refractivity contribution < 1.29 is 0 Å². The normalized spacial score (nSPS) is 13.7. The van der Waals surface area contributed by atoms with Crippen molar-refractivity contribution in [1.29, 1.82) is 0 Å². The number of thiocarbonyl (C=S) groups is 1. The van der Waals surface area contributed by atoms with Crippen LogP contribution in [0.2, 0.25) is 20.1 Å². The number of anilines is 1. The standard InChI is InChI=1S/C17H10Cl5N3S2/c18-9-3-11-15(22)8(7-27-16(11)14(21)4-9)6-23-25-17(26)24-10-1-2-12(19)13(20)5-10/h1-6H,7H2,(H2,24,25,26)/b23-6+. The van der Waals surface area contributed by atoms with E-state index in [2.05, 4.69) is 15.8 Å². The SMILES string of the molecule is S=C(N/N=C/C1=C(Cl)c2cc(Cl)cc(Cl)c2SC1)Nc1ccc(Cl)c(Cl)c1. The molecule has 1 aliphatic rings. The Morgan fingerprint density at radius 3 is 2.56 bits per heavy atom. The summed E-state index contributed by atoms with van der Waals surface area (Å²) in [6, 6.07) is 8.59. The number of benzene rings is 2. The van der Waals surface area contributed by atoms with Crippen LogP contribution in [0.1, 0.15) is 5.56 Å². The minimum atomic E-state index is 0.302. The van der Waals surface area contributed by atoms with Gasteiger partial charge in [0.1, 0.15) is 0 Å². The van der Waals surface area contributed by atoms with Crippen LogP contribution < -0.4 is 10.7 Å². The Morgan fingerprint density at radius 2 is 1.81 bits per heavy atom. The van der Waals surface area contributed by atoms with Gasteiger partial charge in [0.15, 0.2) is 5.11 Å². The molecule has 0 radical (unpaired) electrons. The van der Waals surface area contributed by atoms with E-state index in [0.29, 0.717) is 41.7 Å². The lowest BCUT2D eigenvalue weighted by atomic mass is 10.1. The zero-order valence-electron chi connectivity index (χ0n) is 13.3. The highest BCUT2D eigenvalue weighted by molar-refractivity contribution is 7.99. The van der Waals surface area contributed by atoms with Gasteiger partial charge < -0.3 is 5.32 Å². The number of nitrogens with zero attached hydrogens (tertiary/aromatic N) is 1. The van der Waals surface area contributed by atoms with Crippen molar-refractivity contribution in [3.8, 4) is 0 Å². The summed E-state index contributed by atoms with van der Waals surface area (Å²) in [5, 5.41) is 9.98. The molecule has 1 aliphatic heterocycles. The van der Waals surface area contributed by atoms with Gasteiger partial charge in [-0.25, -0.2) is 0 Å². The van der Waals surface area contributed by atoms with Crippen LogP contribution in [0.15, 0.2) is 45.9 Å². The number of halogens is 5. The van der Waals surface area contributed by atoms with Gasteiger partial charge in [-0.2, -0.15) is 5.10 Å². The van der Waals surface area contributed by atoms with Crippen molar-refractivity contribution in [3.63, 3.8) is 0 Å². The third kappa shape index (κ3) is 5.24. The molecule has 27 heavy (non-hydrogen) atoms. The van der Waals surface area contributed by atoms with Crippen LogP contribution in [0.4, 0.5) is 5.69 Å². The lowest BCUT2D eigenvalue weighted by Gasteiger charge is -2.18. The molecule has 10 heteroatoms. The van der Waals surface area contributed by atoms with Crippen LogP contribution in [-0.4, -0.2) is 17.1 Å². The zero-order chi connectivity index (χ0) is 19.6. The molecule has 140 valence electrons. The first-order valence-electron chi connectivity index (χ1n) is 7.41. The molecule has 3 nitrogen and oxygen atoms in total. The molecule has 0 aliphatic carbocycles. The van der Waals surface area contributed by atoms with Crippen LogP contribution in [0.3, 0.4) is 0 Å². The highest BCUT2D eigenvalue weighted by Gasteiger charge is 2.20. The van der Waals surface area contributed by atoms with Crippen LogP contribution >= 0.6 is 82.0 Å². The van der Waals surface area contributed by atoms with Crippen molar-refractivity contribution >= 4 is 104 Å². The van der Waals surface area contributed by atoms with Gasteiger partial charge in [-0.15, -0.1) is 11.8 Å². The quantitative estimate of drug-likeness (QED) is 0.264. The highest BCUT2D eigenvalue weighted by Crippen LogP contribution is 2.43. The summed E-state index contributed by atoms with van der Waals surface area (Å²) in [4.78, 5) is 0.910. The Hall–Kier alpha value is -0.660. The third-order valence-electron chi connectivity index (χ3n) is 3.46. The summed E-state index contributed by atoms with van der Waals surface area (Å²) in [7, 11) is 0. The third-order valence-corrected chi connectivity index (χ3v) is 6.65. The molecule has 0 amide bonds. The molecule has 0 spiro atoms. The monoisotopic (exact) mass is 495 g/mol. The van der Waals surface area contributed by atoms with Crippen LogP contribution in [0.25, 0.3) is 5.03 Å². The molecular weight excluding hydrogens is 488 g/mol. The van der Waals surface area contributed by atoms with Crippen molar-refractivity contribution in [2.75, 3.05) is 11.1 Å². The summed E-state index contributed by atoms with van der Waals surface area (Å²) in [6.07, 6.45) is 1.62. The highest BCUT2D eigenvalue weighted by atomic mass is 35.5. The zero-order valence-corrected chi connectivity index (χ0v) is 18.7. The molecule has 2 N–H and O–H groups in total. The molecule has 0 fully saturated rings. The van der Waals surface area contributed by atoms with Crippen molar-refractivity contribution in [2.24, 2.45) is 5.10 Å². The summed E-state index contributed by atoms with van der Waals surface area (Å²) in [5.74, 6) is 0.630. The molecule has 0 unspecified atom stereocenters. The number of hydrazone groups is 1. The molecule has 0 aromatic heterocycles. The van der Waals surface area contributed by atoms with Gasteiger partial charge in [-0.3, -0.25) is 5.43 Å². The van der Waals surface area contributed by atoms with Crippen LogP contribution in [-0.2, 0) is 0 Å². The fourth-order valence-electron chi connectivity index (χ4n) is 2.25. The second-order valence-corrected chi connectivity index (χ2v) is 8.78. The molecule has 2 aromatic carbocycles. The molecule has 0 bridgehead atoms. The number of fused-ring (bicyclic) bond motifs is 1. The Balaban J connectivity index is 1.68. The summed E-state index contributed by atoms with van der Waals surface area (Å²) in [5.41, 5.74) is 5.06. The Bertz CT molecular complexity index is 975. The minimum absolute atomic E-state index is 0.302. The summed E-state index contributed by atoms with van der Waals surface area (Å²) in [6.45, 7) is 0. The van der Waals surface area contributed by atoms with Crippen molar-refractivity contribution in [2.45, 2.75) is 4.90 Å². The topological polar surface area (TPSA) is 36.4 Å². The number of rotatable bonds is 3. The number of nitrogens with one attached hydrogen (secondary N) is 2. The number of thioether (sulfide) groups is 1. The molecule has 0 saturated carbocycles. The van der Waals surface area contributed by atoms with Crippen molar-refractivity contribution in [3.05, 3.63) is 61.6 Å². The van der Waals surface area contributed by atoms with E-state index >= 15 is 0 Å². The first kappa shape index (κ1) is 21.1. The second-order valence-electron chi connectivity index (χ2n) is 5.35. The van der Waals surface area contributed by atoms with E-state index in [1.165, 1.54) is 0 Å². The van der Waals surface area contributed by atoms with Crippen molar-refractivity contribution in [1.82, 2.24) is 5.43 Å². The predicted octanol–water partition coefficient (Wildman–Crippen LogP) is 7.33. The number of hydrogen-bond acceptors (Lipinski definition) is 3. The second kappa shape index (κ2) is 9.23. The maximum atomic E-state index is 6.49. The van der Waals surface area contributed by atoms with Gasteiger partial charge in [0.25, 0.3) is 0 Å².